The Morgan fingerprint density at radius 1 is 1.57 bits per heavy atom. The molecule has 1 fully saturated rings. The number of ether oxygens (including phenoxy) is 1. The number of hydrogen-bond donors (Lipinski definition) is 1. The van der Waals surface area contributed by atoms with E-state index in [0.717, 1.165) is 36.9 Å². The SMILES string of the molecule is CNC1C=C(OC2CC2)C=C(C=O)C1. The Morgan fingerprint density at radius 2 is 2.36 bits per heavy atom. The van der Waals surface area contributed by atoms with Crippen molar-refractivity contribution >= 4 is 6.29 Å². The average Bonchev–Trinajstić information content (AvgIpc) is 3.01. The predicted molar refractivity (Wildman–Crippen MR) is 53.8 cm³/mol. The minimum absolute atomic E-state index is 0.231. The second-order valence-corrected chi connectivity index (χ2v) is 3.82. The Balaban J connectivity index is 2.06. The molecule has 0 heterocycles. The molecule has 1 atom stereocenters. The zero-order valence-corrected chi connectivity index (χ0v) is 8.32. The molecule has 2 aliphatic rings. The molecule has 0 aromatic rings. The number of likely N-dealkylation sites (N-methyl/N-ethyl adjacent to an activating group) is 1. The first kappa shape index (κ1) is 9.46. The van der Waals surface area contributed by atoms with Gasteiger partial charge >= 0.3 is 0 Å². The third kappa shape index (κ3) is 2.23. The van der Waals surface area contributed by atoms with Crippen LogP contribution in [0, 0.1) is 0 Å². The fourth-order valence-corrected chi connectivity index (χ4v) is 1.52. The van der Waals surface area contributed by atoms with Gasteiger partial charge in [-0.05, 0) is 44.0 Å². The normalized spacial score (nSPS) is 26.5. The van der Waals surface area contributed by atoms with Crippen molar-refractivity contribution in [2.75, 3.05) is 7.05 Å². The lowest BCUT2D eigenvalue weighted by molar-refractivity contribution is -0.105. The van der Waals surface area contributed by atoms with Gasteiger partial charge in [-0.3, -0.25) is 4.79 Å². The minimum Gasteiger partial charge on any atom is -0.491 e. The molecule has 1 saturated carbocycles. The number of nitrogens with one attached hydrogen (secondary N) is 1. The first-order chi connectivity index (χ1) is 6.81. The second-order valence-electron chi connectivity index (χ2n) is 3.82. The minimum atomic E-state index is 0.231. The molecule has 0 radical (unpaired) electrons. The Morgan fingerprint density at radius 3 is 2.93 bits per heavy atom. The summed E-state index contributed by atoms with van der Waals surface area (Å²) < 4.78 is 5.65. The van der Waals surface area contributed by atoms with E-state index in [1.807, 2.05) is 19.2 Å². The molecule has 76 valence electrons. The van der Waals surface area contributed by atoms with Crippen molar-refractivity contribution in [2.45, 2.75) is 31.4 Å². The van der Waals surface area contributed by atoms with E-state index >= 15 is 0 Å². The zero-order valence-electron chi connectivity index (χ0n) is 8.32. The van der Waals surface area contributed by atoms with Gasteiger partial charge in [0, 0.05) is 6.04 Å². The van der Waals surface area contributed by atoms with Crippen molar-refractivity contribution in [3.8, 4) is 0 Å². The number of aldehydes is 1. The summed E-state index contributed by atoms with van der Waals surface area (Å²) in [5.74, 6) is 0.847. The lowest BCUT2D eigenvalue weighted by Crippen LogP contribution is -2.26. The maximum atomic E-state index is 10.7. The van der Waals surface area contributed by atoms with Crippen LogP contribution in [0.25, 0.3) is 0 Å². The summed E-state index contributed by atoms with van der Waals surface area (Å²) in [5, 5.41) is 3.14. The van der Waals surface area contributed by atoms with Gasteiger partial charge in [-0.25, -0.2) is 0 Å². The highest BCUT2D eigenvalue weighted by molar-refractivity contribution is 5.75. The van der Waals surface area contributed by atoms with Gasteiger partial charge in [-0.1, -0.05) is 0 Å². The molecule has 0 aliphatic heterocycles. The van der Waals surface area contributed by atoms with Gasteiger partial charge in [0.05, 0.1) is 6.10 Å². The number of allylic oxidation sites excluding steroid dienone is 1. The third-order valence-electron chi connectivity index (χ3n) is 2.50. The van der Waals surface area contributed by atoms with Crippen LogP contribution in [0.4, 0.5) is 0 Å². The van der Waals surface area contributed by atoms with Crippen LogP contribution in [0.3, 0.4) is 0 Å². The largest absolute Gasteiger partial charge is 0.491 e. The summed E-state index contributed by atoms with van der Waals surface area (Å²) in [5.41, 5.74) is 0.808. The van der Waals surface area contributed by atoms with Crippen LogP contribution in [0.5, 0.6) is 0 Å². The quantitative estimate of drug-likeness (QED) is 0.681. The monoisotopic (exact) mass is 193 g/mol. The van der Waals surface area contributed by atoms with E-state index in [0.29, 0.717) is 6.10 Å². The Bertz CT molecular complexity index is 290. The van der Waals surface area contributed by atoms with Crippen LogP contribution < -0.4 is 5.32 Å². The Hall–Kier alpha value is -1.09. The fourth-order valence-electron chi connectivity index (χ4n) is 1.52. The fraction of sp³-hybridized carbons (Fsp3) is 0.545. The molecule has 0 aromatic carbocycles. The molecule has 1 N–H and O–H groups in total. The summed E-state index contributed by atoms with van der Waals surface area (Å²) in [6.45, 7) is 0. The van der Waals surface area contributed by atoms with E-state index in [4.69, 9.17) is 4.74 Å². The van der Waals surface area contributed by atoms with Crippen LogP contribution >= 0.6 is 0 Å². The van der Waals surface area contributed by atoms with Gasteiger partial charge in [0.1, 0.15) is 12.0 Å². The van der Waals surface area contributed by atoms with Crippen molar-refractivity contribution in [3.63, 3.8) is 0 Å². The van der Waals surface area contributed by atoms with E-state index < -0.39 is 0 Å². The van der Waals surface area contributed by atoms with Crippen molar-refractivity contribution in [1.29, 1.82) is 0 Å². The van der Waals surface area contributed by atoms with Crippen LogP contribution in [-0.4, -0.2) is 25.5 Å². The first-order valence-corrected chi connectivity index (χ1v) is 5.03. The number of hydrogen-bond acceptors (Lipinski definition) is 3. The van der Waals surface area contributed by atoms with Gasteiger partial charge in [-0.2, -0.15) is 0 Å². The smallest absolute Gasteiger partial charge is 0.146 e. The van der Waals surface area contributed by atoms with Gasteiger partial charge in [-0.15, -0.1) is 0 Å². The van der Waals surface area contributed by atoms with Gasteiger partial charge < -0.3 is 10.1 Å². The van der Waals surface area contributed by atoms with Crippen LogP contribution in [-0.2, 0) is 9.53 Å². The highest BCUT2D eigenvalue weighted by Gasteiger charge is 2.25. The van der Waals surface area contributed by atoms with Gasteiger partial charge in [0.25, 0.3) is 0 Å². The molecule has 3 nitrogen and oxygen atoms in total. The molecule has 0 bridgehead atoms. The lowest BCUT2D eigenvalue weighted by atomic mass is 10.0. The summed E-state index contributed by atoms with van der Waals surface area (Å²) in [4.78, 5) is 10.7. The highest BCUT2D eigenvalue weighted by atomic mass is 16.5. The van der Waals surface area contributed by atoms with Gasteiger partial charge in [0.2, 0.25) is 0 Å². The molecule has 14 heavy (non-hydrogen) atoms. The molecular weight excluding hydrogens is 178 g/mol. The van der Waals surface area contributed by atoms with E-state index in [1.165, 1.54) is 0 Å². The van der Waals surface area contributed by atoms with Crippen molar-refractivity contribution in [3.05, 3.63) is 23.5 Å². The molecule has 1 unspecified atom stereocenters. The Kier molecular flexibility index (Phi) is 2.68. The number of carbonyl (C=O) groups is 1. The van der Waals surface area contributed by atoms with E-state index in [1.54, 1.807) is 0 Å². The maximum absolute atomic E-state index is 10.7. The highest BCUT2D eigenvalue weighted by Crippen LogP contribution is 2.28. The standard InChI is InChI=1S/C11H15NO2/c1-12-9-4-8(7-13)5-11(6-9)14-10-2-3-10/h5-7,9-10,12H,2-4H2,1H3. The van der Waals surface area contributed by atoms with Crippen molar-refractivity contribution < 1.29 is 9.53 Å². The third-order valence-corrected chi connectivity index (χ3v) is 2.50. The number of carbonyl (C=O) groups excluding carboxylic acids is 1. The van der Waals surface area contributed by atoms with Crippen molar-refractivity contribution in [1.82, 2.24) is 5.32 Å². The van der Waals surface area contributed by atoms with Crippen LogP contribution in [0.15, 0.2) is 23.5 Å². The van der Waals surface area contributed by atoms with E-state index in [2.05, 4.69) is 5.32 Å². The summed E-state index contributed by atoms with van der Waals surface area (Å²) in [6, 6.07) is 0.231. The molecule has 0 amide bonds. The van der Waals surface area contributed by atoms with Crippen molar-refractivity contribution in [2.24, 2.45) is 0 Å². The molecule has 0 aromatic heterocycles. The maximum Gasteiger partial charge on any atom is 0.146 e. The van der Waals surface area contributed by atoms with Gasteiger partial charge in [0.15, 0.2) is 0 Å². The molecule has 2 rings (SSSR count). The van der Waals surface area contributed by atoms with E-state index in [9.17, 15) is 4.79 Å². The first-order valence-electron chi connectivity index (χ1n) is 5.03. The number of rotatable bonds is 4. The lowest BCUT2D eigenvalue weighted by Gasteiger charge is -2.18. The zero-order chi connectivity index (χ0) is 9.97. The van der Waals surface area contributed by atoms with Crippen LogP contribution in [0.1, 0.15) is 19.3 Å². The molecule has 2 aliphatic carbocycles. The topological polar surface area (TPSA) is 38.3 Å². The molecule has 3 heteroatoms. The molecule has 0 spiro atoms. The summed E-state index contributed by atoms with van der Waals surface area (Å²) in [7, 11) is 1.89. The summed E-state index contributed by atoms with van der Waals surface area (Å²) >= 11 is 0. The summed E-state index contributed by atoms with van der Waals surface area (Å²) in [6.07, 6.45) is 8.24. The molecular formula is C11H15NO2. The second kappa shape index (κ2) is 3.96. The Labute approximate surface area is 83.8 Å². The van der Waals surface area contributed by atoms with E-state index in [-0.39, 0.29) is 6.04 Å². The van der Waals surface area contributed by atoms with Crippen LogP contribution in [0.2, 0.25) is 0 Å². The average molecular weight is 193 g/mol. The molecule has 0 saturated heterocycles. The predicted octanol–water partition coefficient (Wildman–Crippen LogP) is 1.17.